The van der Waals surface area contributed by atoms with E-state index in [0.29, 0.717) is 19.6 Å². The Hall–Kier alpha value is -1.40. The molecule has 2 bridgehead atoms. The number of carbonyl (C=O) groups is 2. The van der Waals surface area contributed by atoms with Gasteiger partial charge in [0.2, 0.25) is 5.91 Å². The fraction of sp³-hybridized carbons (Fsp3) is 0.733. The Kier molecular flexibility index (Phi) is 3.99. The number of amides is 1. The summed E-state index contributed by atoms with van der Waals surface area (Å²) in [6, 6.07) is 0. The summed E-state index contributed by atoms with van der Waals surface area (Å²) in [5.41, 5.74) is 0. The van der Waals surface area contributed by atoms with Gasteiger partial charge in [-0.3, -0.25) is 14.5 Å². The highest BCUT2D eigenvalue weighted by molar-refractivity contribution is 5.87. The second-order valence-corrected chi connectivity index (χ2v) is 6.23. The molecule has 1 saturated carbocycles. The van der Waals surface area contributed by atoms with Crippen LogP contribution in [0.3, 0.4) is 0 Å². The molecule has 4 atom stereocenters. The van der Waals surface area contributed by atoms with Crippen molar-refractivity contribution in [1.29, 1.82) is 0 Å². The summed E-state index contributed by atoms with van der Waals surface area (Å²) in [5.74, 6) is -1.66. The van der Waals surface area contributed by atoms with Gasteiger partial charge in [0, 0.05) is 32.7 Å². The SMILES string of the molecule is O=C(O)[C@@H]1[C@@H](C(=O)N2CCN(CCO)CC2)[C@H]2C=C[C@@H]1C2. The molecule has 116 valence electrons. The Balaban J connectivity index is 1.66. The number of aliphatic hydroxyl groups is 1. The maximum absolute atomic E-state index is 12.7. The zero-order valence-electron chi connectivity index (χ0n) is 12.0. The highest BCUT2D eigenvalue weighted by Gasteiger charge is 2.52. The van der Waals surface area contributed by atoms with E-state index >= 15 is 0 Å². The van der Waals surface area contributed by atoms with Crippen molar-refractivity contribution in [2.75, 3.05) is 39.3 Å². The van der Waals surface area contributed by atoms with E-state index < -0.39 is 11.9 Å². The topological polar surface area (TPSA) is 81.1 Å². The van der Waals surface area contributed by atoms with E-state index in [4.69, 9.17) is 5.11 Å². The number of carbonyl (C=O) groups excluding carboxylic acids is 1. The van der Waals surface area contributed by atoms with E-state index in [9.17, 15) is 14.7 Å². The molecule has 1 heterocycles. The molecule has 21 heavy (non-hydrogen) atoms. The van der Waals surface area contributed by atoms with Crippen LogP contribution in [-0.2, 0) is 9.59 Å². The van der Waals surface area contributed by atoms with E-state index in [-0.39, 0.29) is 30.3 Å². The van der Waals surface area contributed by atoms with Crippen LogP contribution in [0.25, 0.3) is 0 Å². The van der Waals surface area contributed by atoms with Crippen LogP contribution in [0.4, 0.5) is 0 Å². The Labute approximate surface area is 124 Å². The molecule has 2 fully saturated rings. The molecule has 0 aromatic rings. The van der Waals surface area contributed by atoms with E-state index in [1.54, 1.807) is 0 Å². The van der Waals surface area contributed by atoms with Crippen molar-refractivity contribution in [2.24, 2.45) is 23.7 Å². The summed E-state index contributed by atoms with van der Waals surface area (Å²) in [6.45, 7) is 3.52. The summed E-state index contributed by atoms with van der Waals surface area (Å²) < 4.78 is 0. The third-order valence-corrected chi connectivity index (χ3v) is 5.13. The molecule has 0 aromatic carbocycles. The van der Waals surface area contributed by atoms with E-state index in [2.05, 4.69) is 4.90 Å². The van der Waals surface area contributed by atoms with Crippen molar-refractivity contribution in [3.8, 4) is 0 Å². The van der Waals surface area contributed by atoms with Crippen LogP contribution in [0.1, 0.15) is 6.42 Å². The zero-order chi connectivity index (χ0) is 15.0. The number of allylic oxidation sites excluding steroid dienone is 2. The van der Waals surface area contributed by atoms with Gasteiger partial charge in [0.1, 0.15) is 0 Å². The number of carboxylic acid groups (broad SMARTS) is 1. The first-order chi connectivity index (χ1) is 10.1. The molecule has 6 heteroatoms. The predicted octanol–water partition coefficient (Wildman–Crippen LogP) is -0.354. The van der Waals surface area contributed by atoms with Crippen molar-refractivity contribution >= 4 is 11.9 Å². The number of nitrogens with zero attached hydrogens (tertiary/aromatic N) is 2. The van der Waals surface area contributed by atoms with Crippen LogP contribution < -0.4 is 0 Å². The second kappa shape index (κ2) is 5.77. The van der Waals surface area contributed by atoms with E-state index in [0.717, 1.165) is 19.5 Å². The van der Waals surface area contributed by atoms with E-state index in [1.165, 1.54) is 0 Å². The summed E-state index contributed by atoms with van der Waals surface area (Å²) in [6.07, 6.45) is 4.79. The summed E-state index contributed by atoms with van der Waals surface area (Å²) in [7, 11) is 0. The minimum atomic E-state index is -0.843. The molecule has 3 rings (SSSR count). The maximum atomic E-state index is 12.7. The predicted molar refractivity (Wildman–Crippen MR) is 75.5 cm³/mol. The van der Waals surface area contributed by atoms with Crippen molar-refractivity contribution in [3.63, 3.8) is 0 Å². The smallest absolute Gasteiger partial charge is 0.307 e. The number of aliphatic hydroxyl groups excluding tert-OH is 1. The number of hydrogen-bond donors (Lipinski definition) is 2. The largest absolute Gasteiger partial charge is 0.481 e. The van der Waals surface area contributed by atoms with Crippen LogP contribution in [-0.4, -0.2) is 71.2 Å². The average Bonchev–Trinajstić information content (AvgIpc) is 3.08. The first kappa shape index (κ1) is 14.5. The highest BCUT2D eigenvalue weighted by atomic mass is 16.4. The molecule has 0 unspecified atom stereocenters. The van der Waals surface area contributed by atoms with Gasteiger partial charge < -0.3 is 15.1 Å². The molecular formula is C15H22N2O4. The molecule has 2 aliphatic carbocycles. The van der Waals surface area contributed by atoms with Crippen molar-refractivity contribution in [1.82, 2.24) is 9.80 Å². The molecular weight excluding hydrogens is 272 g/mol. The van der Waals surface area contributed by atoms with Crippen LogP contribution in [0.2, 0.25) is 0 Å². The molecule has 0 aromatic heterocycles. The van der Waals surface area contributed by atoms with Gasteiger partial charge in [0.05, 0.1) is 18.4 Å². The first-order valence-electron chi connectivity index (χ1n) is 7.65. The quantitative estimate of drug-likeness (QED) is 0.693. The summed E-state index contributed by atoms with van der Waals surface area (Å²) in [4.78, 5) is 28.1. The molecule has 3 aliphatic rings. The van der Waals surface area contributed by atoms with Gasteiger partial charge in [0.15, 0.2) is 0 Å². The number of β-amino-alcohol motifs (C(OH)–C–C–N with tert-alkyl or cyclic N) is 1. The number of carboxylic acids is 1. The number of aliphatic carboxylic acids is 1. The van der Waals surface area contributed by atoms with Crippen LogP contribution in [0.5, 0.6) is 0 Å². The van der Waals surface area contributed by atoms with Gasteiger partial charge >= 0.3 is 5.97 Å². The molecule has 2 N–H and O–H groups in total. The fourth-order valence-electron chi connectivity index (χ4n) is 4.04. The minimum absolute atomic E-state index is 0.00268. The van der Waals surface area contributed by atoms with E-state index in [1.807, 2.05) is 17.1 Å². The highest BCUT2D eigenvalue weighted by Crippen LogP contribution is 2.48. The molecule has 0 spiro atoms. The van der Waals surface area contributed by atoms with Gasteiger partial charge in [-0.05, 0) is 18.3 Å². The van der Waals surface area contributed by atoms with Crippen molar-refractivity contribution < 1.29 is 19.8 Å². The van der Waals surface area contributed by atoms with Gasteiger partial charge in [-0.2, -0.15) is 0 Å². The first-order valence-corrected chi connectivity index (χ1v) is 7.65. The second-order valence-electron chi connectivity index (χ2n) is 6.23. The van der Waals surface area contributed by atoms with Crippen LogP contribution in [0, 0.1) is 23.7 Å². The Morgan fingerprint density at radius 3 is 2.24 bits per heavy atom. The zero-order valence-corrected chi connectivity index (χ0v) is 12.0. The van der Waals surface area contributed by atoms with Gasteiger partial charge in [-0.1, -0.05) is 12.2 Å². The summed E-state index contributed by atoms with van der Waals surface area (Å²) >= 11 is 0. The van der Waals surface area contributed by atoms with Crippen molar-refractivity contribution in [2.45, 2.75) is 6.42 Å². The monoisotopic (exact) mass is 294 g/mol. The Bertz CT molecular complexity index is 457. The number of piperazine rings is 1. The standard InChI is InChI=1S/C15H22N2O4/c18-8-7-16-3-5-17(6-4-16)14(19)12-10-1-2-11(9-10)13(12)15(20)21/h1-2,10-13,18H,3-9H2,(H,20,21)/t10-,11+,12-,13-/m0/s1. The Morgan fingerprint density at radius 1 is 1.05 bits per heavy atom. The van der Waals surface area contributed by atoms with Gasteiger partial charge in [0.25, 0.3) is 0 Å². The lowest BCUT2D eigenvalue weighted by Crippen LogP contribution is -2.52. The number of rotatable bonds is 4. The molecule has 1 saturated heterocycles. The normalized spacial score (nSPS) is 35.4. The molecule has 6 nitrogen and oxygen atoms in total. The summed E-state index contributed by atoms with van der Waals surface area (Å²) in [5, 5.41) is 18.4. The number of fused-ring (bicyclic) bond motifs is 2. The van der Waals surface area contributed by atoms with Crippen molar-refractivity contribution in [3.05, 3.63) is 12.2 Å². The lowest BCUT2D eigenvalue weighted by atomic mass is 9.82. The van der Waals surface area contributed by atoms with Crippen LogP contribution >= 0.6 is 0 Å². The number of hydrogen-bond acceptors (Lipinski definition) is 4. The fourth-order valence-corrected chi connectivity index (χ4v) is 4.04. The van der Waals surface area contributed by atoms with Gasteiger partial charge in [-0.15, -0.1) is 0 Å². The molecule has 0 radical (unpaired) electrons. The average molecular weight is 294 g/mol. The molecule has 1 amide bonds. The third kappa shape index (κ3) is 2.58. The minimum Gasteiger partial charge on any atom is -0.481 e. The maximum Gasteiger partial charge on any atom is 0.307 e. The molecule has 1 aliphatic heterocycles. The van der Waals surface area contributed by atoms with Gasteiger partial charge in [-0.25, -0.2) is 0 Å². The van der Waals surface area contributed by atoms with Crippen LogP contribution in [0.15, 0.2) is 12.2 Å². The lowest BCUT2D eigenvalue weighted by Gasteiger charge is -2.37. The lowest BCUT2D eigenvalue weighted by molar-refractivity contribution is -0.151. The Morgan fingerprint density at radius 2 is 1.67 bits per heavy atom. The third-order valence-electron chi connectivity index (χ3n) is 5.13.